The number of benzene rings is 1. The third kappa shape index (κ3) is 3.57. The second-order valence-corrected chi connectivity index (χ2v) is 4.04. The van der Waals surface area contributed by atoms with E-state index >= 15 is 0 Å². The summed E-state index contributed by atoms with van der Waals surface area (Å²) in [6.45, 7) is 0.0860. The van der Waals surface area contributed by atoms with E-state index in [1.54, 1.807) is 24.3 Å². The number of nitrogens with one attached hydrogen (secondary N) is 1. The van der Waals surface area contributed by atoms with Crippen LogP contribution >= 0.6 is 0 Å². The van der Waals surface area contributed by atoms with Crippen LogP contribution in [0.4, 0.5) is 11.5 Å². The molecule has 0 aliphatic carbocycles. The number of nitrogen functional groups attached to an aromatic ring is 1. The molecular formula is C13H14N4O4. The van der Waals surface area contributed by atoms with Crippen LogP contribution in [0.5, 0.6) is 11.5 Å². The zero-order valence-corrected chi connectivity index (χ0v) is 11.3. The lowest BCUT2D eigenvalue weighted by molar-refractivity contribution is -0.386. The molecule has 0 saturated heterocycles. The van der Waals surface area contributed by atoms with Crippen LogP contribution in [-0.4, -0.2) is 17.0 Å². The number of rotatable bonds is 6. The Morgan fingerprint density at radius 1 is 1.38 bits per heavy atom. The Bertz CT molecular complexity index is 648. The second-order valence-electron chi connectivity index (χ2n) is 4.04. The van der Waals surface area contributed by atoms with E-state index in [1.807, 2.05) is 0 Å². The Morgan fingerprint density at radius 3 is 2.86 bits per heavy atom. The fourth-order valence-corrected chi connectivity index (χ4v) is 1.68. The van der Waals surface area contributed by atoms with Crippen LogP contribution in [0.3, 0.4) is 0 Å². The van der Waals surface area contributed by atoms with Gasteiger partial charge in [0, 0.05) is 0 Å². The third-order valence-electron chi connectivity index (χ3n) is 2.69. The molecule has 1 aromatic heterocycles. The highest BCUT2D eigenvalue weighted by Gasteiger charge is 2.16. The summed E-state index contributed by atoms with van der Waals surface area (Å²) in [5.74, 6) is 6.29. The van der Waals surface area contributed by atoms with Gasteiger partial charge in [-0.15, -0.1) is 0 Å². The molecule has 0 amide bonds. The van der Waals surface area contributed by atoms with Gasteiger partial charge >= 0.3 is 5.69 Å². The number of aromatic nitrogens is 1. The summed E-state index contributed by atoms with van der Waals surface area (Å²) in [6.07, 6.45) is 0. The highest BCUT2D eigenvalue weighted by atomic mass is 16.6. The SMILES string of the molecule is COc1ccc(OCc2cccc(NN)n2)c([N+](=O)[O-])c1. The number of hydrogen-bond donors (Lipinski definition) is 2. The summed E-state index contributed by atoms with van der Waals surface area (Å²) in [4.78, 5) is 14.7. The van der Waals surface area contributed by atoms with Gasteiger partial charge < -0.3 is 14.9 Å². The molecule has 2 rings (SSSR count). The van der Waals surface area contributed by atoms with E-state index in [9.17, 15) is 10.1 Å². The Hall–Kier alpha value is -2.87. The second kappa shape index (κ2) is 6.53. The molecule has 3 N–H and O–H groups in total. The summed E-state index contributed by atoms with van der Waals surface area (Å²) in [5, 5.41) is 11.0. The van der Waals surface area contributed by atoms with E-state index in [0.717, 1.165) is 0 Å². The van der Waals surface area contributed by atoms with Gasteiger partial charge in [0.05, 0.1) is 23.8 Å². The minimum atomic E-state index is -0.525. The van der Waals surface area contributed by atoms with Crippen molar-refractivity contribution < 1.29 is 14.4 Å². The summed E-state index contributed by atoms with van der Waals surface area (Å²) in [5.41, 5.74) is 2.85. The third-order valence-corrected chi connectivity index (χ3v) is 2.69. The fourth-order valence-electron chi connectivity index (χ4n) is 1.68. The molecule has 0 aliphatic heterocycles. The molecule has 0 saturated carbocycles. The maximum Gasteiger partial charge on any atom is 0.314 e. The molecule has 8 heteroatoms. The number of nitrogens with zero attached hydrogens (tertiary/aromatic N) is 2. The van der Waals surface area contributed by atoms with Crippen molar-refractivity contribution in [2.45, 2.75) is 6.61 Å². The van der Waals surface area contributed by atoms with Crippen molar-refractivity contribution in [2.75, 3.05) is 12.5 Å². The van der Waals surface area contributed by atoms with E-state index in [4.69, 9.17) is 15.3 Å². The largest absolute Gasteiger partial charge is 0.496 e. The fraction of sp³-hybridized carbons (Fsp3) is 0.154. The van der Waals surface area contributed by atoms with Crippen LogP contribution in [-0.2, 0) is 6.61 Å². The highest BCUT2D eigenvalue weighted by molar-refractivity contribution is 5.51. The molecule has 2 aromatic rings. The number of hydrogen-bond acceptors (Lipinski definition) is 7. The van der Waals surface area contributed by atoms with Crippen molar-refractivity contribution in [1.82, 2.24) is 4.98 Å². The first kappa shape index (κ1) is 14.5. The van der Waals surface area contributed by atoms with Gasteiger partial charge in [0.1, 0.15) is 18.2 Å². The number of nitro benzene ring substituents is 1. The molecule has 0 atom stereocenters. The van der Waals surface area contributed by atoms with Gasteiger partial charge in [-0.25, -0.2) is 10.8 Å². The van der Waals surface area contributed by atoms with Gasteiger partial charge in [0.2, 0.25) is 0 Å². The molecule has 21 heavy (non-hydrogen) atoms. The van der Waals surface area contributed by atoms with Crippen molar-refractivity contribution in [3.63, 3.8) is 0 Å². The van der Waals surface area contributed by atoms with E-state index in [-0.39, 0.29) is 18.0 Å². The van der Waals surface area contributed by atoms with Crippen LogP contribution in [0.15, 0.2) is 36.4 Å². The quantitative estimate of drug-likeness (QED) is 0.474. The average Bonchev–Trinajstić information content (AvgIpc) is 2.52. The molecule has 0 spiro atoms. The monoisotopic (exact) mass is 290 g/mol. The number of nitro groups is 1. The van der Waals surface area contributed by atoms with Gasteiger partial charge in [0.25, 0.3) is 0 Å². The Balaban J connectivity index is 2.17. The topological polar surface area (TPSA) is 113 Å². The first-order valence-electron chi connectivity index (χ1n) is 6.02. The summed E-state index contributed by atoms with van der Waals surface area (Å²) in [6, 6.07) is 9.56. The van der Waals surface area contributed by atoms with Gasteiger partial charge in [-0.05, 0) is 24.3 Å². The van der Waals surface area contributed by atoms with Gasteiger partial charge in [0.15, 0.2) is 5.75 Å². The number of anilines is 1. The molecule has 0 aliphatic rings. The smallest absolute Gasteiger partial charge is 0.314 e. The number of methoxy groups -OCH3 is 1. The minimum absolute atomic E-state index is 0.0860. The molecule has 0 unspecified atom stereocenters. The van der Waals surface area contributed by atoms with Crippen molar-refractivity contribution >= 4 is 11.5 Å². The number of nitrogens with two attached hydrogens (primary N) is 1. The van der Waals surface area contributed by atoms with Crippen LogP contribution < -0.4 is 20.7 Å². The predicted molar refractivity (Wildman–Crippen MR) is 76.0 cm³/mol. The van der Waals surface area contributed by atoms with Crippen LogP contribution in [0, 0.1) is 10.1 Å². The Morgan fingerprint density at radius 2 is 2.19 bits per heavy atom. The molecule has 110 valence electrons. The van der Waals surface area contributed by atoms with E-state index in [0.29, 0.717) is 17.3 Å². The van der Waals surface area contributed by atoms with Crippen molar-refractivity contribution in [2.24, 2.45) is 5.84 Å². The normalized spacial score (nSPS) is 10.0. The first-order valence-corrected chi connectivity index (χ1v) is 6.02. The maximum absolute atomic E-state index is 11.0. The number of pyridine rings is 1. The van der Waals surface area contributed by atoms with Crippen LogP contribution in [0.25, 0.3) is 0 Å². The molecule has 0 bridgehead atoms. The lowest BCUT2D eigenvalue weighted by Crippen LogP contribution is -2.10. The first-order chi connectivity index (χ1) is 10.1. The standard InChI is InChI=1S/C13H14N4O4/c1-20-10-5-6-12(11(7-10)17(18)19)21-8-9-3-2-4-13(15-9)16-14/h2-7H,8,14H2,1H3,(H,15,16). The Kier molecular flexibility index (Phi) is 4.52. The zero-order chi connectivity index (χ0) is 15.2. The lowest BCUT2D eigenvalue weighted by Gasteiger charge is -2.08. The molecule has 8 nitrogen and oxygen atoms in total. The molecule has 0 fully saturated rings. The minimum Gasteiger partial charge on any atom is -0.496 e. The van der Waals surface area contributed by atoms with Gasteiger partial charge in [-0.2, -0.15) is 0 Å². The van der Waals surface area contributed by atoms with E-state index in [1.165, 1.54) is 19.2 Å². The summed E-state index contributed by atoms with van der Waals surface area (Å²) >= 11 is 0. The number of hydrazine groups is 1. The average molecular weight is 290 g/mol. The van der Waals surface area contributed by atoms with Crippen LogP contribution in [0.2, 0.25) is 0 Å². The predicted octanol–water partition coefficient (Wildman–Crippen LogP) is 1.86. The van der Waals surface area contributed by atoms with E-state index < -0.39 is 4.92 Å². The summed E-state index contributed by atoms with van der Waals surface area (Å²) < 4.78 is 10.4. The molecule has 1 heterocycles. The molecule has 1 aromatic carbocycles. The zero-order valence-electron chi connectivity index (χ0n) is 11.3. The van der Waals surface area contributed by atoms with Crippen molar-refractivity contribution in [1.29, 1.82) is 0 Å². The van der Waals surface area contributed by atoms with E-state index in [2.05, 4.69) is 10.4 Å². The van der Waals surface area contributed by atoms with Crippen molar-refractivity contribution in [3.8, 4) is 11.5 Å². The number of ether oxygens (including phenoxy) is 2. The van der Waals surface area contributed by atoms with Gasteiger partial charge in [-0.1, -0.05) is 6.07 Å². The lowest BCUT2D eigenvalue weighted by atomic mass is 10.3. The molecule has 0 radical (unpaired) electrons. The van der Waals surface area contributed by atoms with Crippen molar-refractivity contribution in [3.05, 3.63) is 52.2 Å². The Labute approximate surface area is 120 Å². The molecular weight excluding hydrogens is 276 g/mol. The highest BCUT2D eigenvalue weighted by Crippen LogP contribution is 2.31. The maximum atomic E-state index is 11.0. The summed E-state index contributed by atoms with van der Waals surface area (Å²) in [7, 11) is 1.44. The van der Waals surface area contributed by atoms with Crippen LogP contribution in [0.1, 0.15) is 5.69 Å². The van der Waals surface area contributed by atoms with Gasteiger partial charge in [-0.3, -0.25) is 10.1 Å².